The van der Waals surface area contributed by atoms with Crippen molar-refractivity contribution in [2.24, 2.45) is 5.73 Å². The summed E-state index contributed by atoms with van der Waals surface area (Å²) in [7, 11) is 0. The third-order valence-corrected chi connectivity index (χ3v) is 3.98. The minimum absolute atomic E-state index is 0.183. The molecule has 26 heavy (non-hydrogen) atoms. The summed E-state index contributed by atoms with van der Waals surface area (Å²) in [4.78, 5) is 4.40. The van der Waals surface area contributed by atoms with Crippen molar-refractivity contribution in [3.8, 4) is 5.75 Å². The highest BCUT2D eigenvalue weighted by Crippen LogP contribution is 2.19. The van der Waals surface area contributed by atoms with E-state index in [2.05, 4.69) is 11.6 Å². The van der Waals surface area contributed by atoms with Crippen molar-refractivity contribution in [1.82, 2.24) is 9.55 Å². The minimum atomic E-state index is -0.621. The van der Waals surface area contributed by atoms with Gasteiger partial charge in [0.1, 0.15) is 17.4 Å². The number of halogens is 2. The Bertz CT molecular complexity index is 930. The molecule has 1 aromatic heterocycles. The average molecular weight is 355 g/mol. The number of benzene rings is 2. The van der Waals surface area contributed by atoms with Crippen molar-refractivity contribution in [3.05, 3.63) is 95.2 Å². The van der Waals surface area contributed by atoms with Gasteiger partial charge in [-0.2, -0.15) is 0 Å². The van der Waals surface area contributed by atoms with Crippen LogP contribution in [0.15, 0.2) is 61.1 Å². The summed E-state index contributed by atoms with van der Waals surface area (Å²) in [5, 5.41) is 9.63. The van der Waals surface area contributed by atoms with Crippen molar-refractivity contribution in [3.63, 3.8) is 0 Å². The van der Waals surface area contributed by atoms with Crippen LogP contribution < -0.4 is 5.73 Å². The van der Waals surface area contributed by atoms with Crippen molar-refractivity contribution in [2.45, 2.75) is 19.4 Å². The van der Waals surface area contributed by atoms with Crippen LogP contribution in [0.25, 0.3) is 0 Å². The van der Waals surface area contributed by atoms with Crippen LogP contribution >= 0.6 is 0 Å². The second-order valence-electron chi connectivity index (χ2n) is 6.23. The van der Waals surface area contributed by atoms with Gasteiger partial charge in [-0.3, -0.25) is 0 Å². The van der Waals surface area contributed by atoms with Gasteiger partial charge < -0.3 is 15.4 Å². The third-order valence-electron chi connectivity index (χ3n) is 3.98. The van der Waals surface area contributed by atoms with E-state index in [1.54, 1.807) is 24.5 Å². The molecular formula is C20H19F2N3O. The van der Waals surface area contributed by atoms with Gasteiger partial charge in [0, 0.05) is 36.8 Å². The van der Waals surface area contributed by atoms with E-state index >= 15 is 0 Å². The number of aromatic nitrogens is 2. The van der Waals surface area contributed by atoms with Gasteiger partial charge in [0.05, 0.1) is 12.0 Å². The smallest absolute Gasteiger partial charge is 0.126 e. The lowest BCUT2D eigenvalue weighted by Gasteiger charge is -2.11. The molecule has 0 fully saturated rings. The standard InChI is InChI=1S/C20H19F2N3O/c1-13(23)5-20-19(9-15-6-16(21)10-17(22)7-15)24-12-25(20)11-14-3-2-4-18(26)8-14/h2-4,6-8,10,12,26H,1,5,9,11,23H2. The molecule has 0 saturated carbocycles. The fourth-order valence-corrected chi connectivity index (χ4v) is 2.91. The topological polar surface area (TPSA) is 64.1 Å². The lowest BCUT2D eigenvalue weighted by Crippen LogP contribution is -2.10. The van der Waals surface area contributed by atoms with E-state index in [1.807, 2.05) is 10.6 Å². The van der Waals surface area contributed by atoms with E-state index in [0.717, 1.165) is 17.3 Å². The largest absolute Gasteiger partial charge is 0.508 e. The Kier molecular flexibility index (Phi) is 5.02. The number of imidazole rings is 1. The molecule has 0 bridgehead atoms. The highest BCUT2D eigenvalue weighted by Gasteiger charge is 2.14. The molecule has 134 valence electrons. The van der Waals surface area contributed by atoms with Crippen molar-refractivity contribution in [1.29, 1.82) is 0 Å². The molecule has 0 saturated heterocycles. The zero-order chi connectivity index (χ0) is 18.7. The predicted molar refractivity (Wildman–Crippen MR) is 95.6 cm³/mol. The first-order chi connectivity index (χ1) is 12.4. The van der Waals surface area contributed by atoms with Crippen LogP contribution in [0.4, 0.5) is 8.78 Å². The van der Waals surface area contributed by atoms with E-state index in [0.29, 0.717) is 29.9 Å². The molecule has 0 atom stereocenters. The number of rotatable bonds is 6. The fraction of sp³-hybridized carbons (Fsp3) is 0.150. The van der Waals surface area contributed by atoms with Crippen LogP contribution in [-0.2, 0) is 19.4 Å². The summed E-state index contributed by atoms with van der Waals surface area (Å²) in [5.41, 5.74) is 9.15. The maximum Gasteiger partial charge on any atom is 0.126 e. The second kappa shape index (κ2) is 7.39. The highest BCUT2D eigenvalue weighted by atomic mass is 19.1. The Hall–Kier alpha value is -3.15. The van der Waals surface area contributed by atoms with Crippen molar-refractivity contribution in [2.75, 3.05) is 0 Å². The summed E-state index contributed by atoms with van der Waals surface area (Å²) >= 11 is 0. The SMILES string of the molecule is C=C(N)Cc1c(Cc2cc(F)cc(F)c2)ncn1Cc1cccc(O)c1. The number of allylic oxidation sites excluding steroid dienone is 1. The van der Waals surface area contributed by atoms with E-state index in [-0.39, 0.29) is 12.2 Å². The van der Waals surface area contributed by atoms with E-state index < -0.39 is 11.6 Å². The van der Waals surface area contributed by atoms with Crippen molar-refractivity contribution >= 4 is 0 Å². The Balaban J connectivity index is 1.92. The first-order valence-corrected chi connectivity index (χ1v) is 8.09. The molecule has 0 amide bonds. The molecule has 0 aliphatic heterocycles. The van der Waals surface area contributed by atoms with E-state index in [1.165, 1.54) is 12.1 Å². The maximum atomic E-state index is 13.4. The van der Waals surface area contributed by atoms with E-state index in [4.69, 9.17) is 5.73 Å². The number of hydrogen-bond acceptors (Lipinski definition) is 3. The maximum absolute atomic E-state index is 13.4. The molecule has 2 aromatic carbocycles. The summed E-state index contributed by atoms with van der Waals surface area (Å²) in [6.07, 6.45) is 2.34. The van der Waals surface area contributed by atoms with Crippen molar-refractivity contribution < 1.29 is 13.9 Å². The number of hydrogen-bond donors (Lipinski definition) is 2. The number of aromatic hydroxyl groups is 1. The predicted octanol–water partition coefficient (Wildman–Crippen LogP) is 3.52. The monoisotopic (exact) mass is 355 g/mol. The zero-order valence-electron chi connectivity index (χ0n) is 14.1. The lowest BCUT2D eigenvalue weighted by molar-refractivity contribution is 0.474. The first kappa shape index (κ1) is 17.7. The second-order valence-corrected chi connectivity index (χ2v) is 6.23. The van der Waals surface area contributed by atoms with Crippen LogP contribution in [0.2, 0.25) is 0 Å². The zero-order valence-corrected chi connectivity index (χ0v) is 14.1. The average Bonchev–Trinajstić information content (AvgIpc) is 2.88. The first-order valence-electron chi connectivity index (χ1n) is 8.09. The van der Waals surface area contributed by atoms with Gasteiger partial charge in [0.15, 0.2) is 0 Å². The number of phenols is 1. The number of nitrogens with two attached hydrogens (primary N) is 1. The fourth-order valence-electron chi connectivity index (χ4n) is 2.91. The molecule has 4 nitrogen and oxygen atoms in total. The normalized spacial score (nSPS) is 10.8. The van der Waals surface area contributed by atoms with Gasteiger partial charge in [-0.1, -0.05) is 18.7 Å². The molecule has 3 rings (SSSR count). The van der Waals surface area contributed by atoms with Gasteiger partial charge >= 0.3 is 0 Å². The van der Waals surface area contributed by atoms with Crippen LogP contribution in [0.1, 0.15) is 22.5 Å². The van der Waals surface area contributed by atoms with Gasteiger partial charge in [0.25, 0.3) is 0 Å². The minimum Gasteiger partial charge on any atom is -0.508 e. The Morgan fingerprint density at radius 3 is 2.50 bits per heavy atom. The van der Waals surface area contributed by atoms with Gasteiger partial charge in [-0.15, -0.1) is 0 Å². The molecule has 0 unspecified atom stereocenters. The molecule has 3 aromatic rings. The van der Waals surface area contributed by atoms with Crippen LogP contribution in [0.5, 0.6) is 5.75 Å². The summed E-state index contributed by atoms with van der Waals surface area (Å²) in [6.45, 7) is 4.23. The third kappa shape index (κ3) is 4.27. The molecule has 1 heterocycles. The van der Waals surface area contributed by atoms with E-state index in [9.17, 15) is 13.9 Å². The molecule has 0 aliphatic carbocycles. The molecular weight excluding hydrogens is 336 g/mol. The molecule has 6 heteroatoms. The lowest BCUT2D eigenvalue weighted by atomic mass is 10.1. The van der Waals surface area contributed by atoms with Crippen LogP contribution in [0.3, 0.4) is 0 Å². The van der Waals surface area contributed by atoms with Gasteiger partial charge in [-0.05, 0) is 35.4 Å². The Morgan fingerprint density at radius 2 is 1.85 bits per heavy atom. The molecule has 0 aliphatic rings. The van der Waals surface area contributed by atoms with Gasteiger partial charge in [-0.25, -0.2) is 13.8 Å². The molecule has 0 radical (unpaired) electrons. The highest BCUT2D eigenvalue weighted by molar-refractivity contribution is 5.31. The van der Waals surface area contributed by atoms with Gasteiger partial charge in [0.2, 0.25) is 0 Å². The quantitative estimate of drug-likeness (QED) is 0.711. The summed E-state index contributed by atoms with van der Waals surface area (Å²) < 4.78 is 28.8. The molecule has 0 spiro atoms. The van der Waals surface area contributed by atoms with Crippen LogP contribution in [-0.4, -0.2) is 14.7 Å². The number of phenolic OH excluding ortho intramolecular Hbond substituents is 1. The Labute approximate surface area is 150 Å². The summed E-state index contributed by atoms with van der Waals surface area (Å²) in [5.74, 6) is -1.06. The Morgan fingerprint density at radius 1 is 1.12 bits per heavy atom. The molecule has 3 N–H and O–H groups in total. The number of nitrogens with zero attached hydrogens (tertiary/aromatic N) is 2. The summed E-state index contributed by atoms with van der Waals surface area (Å²) in [6, 6.07) is 10.3. The van der Waals surface area contributed by atoms with Crippen LogP contribution in [0, 0.1) is 11.6 Å².